The van der Waals surface area contributed by atoms with E-state index in [1.165, 1.54) is 0 Å². The van der Waals surface area contributed by atoms with Crippen LogP contribution < -0.4 is 10.6 Å². The number of rotatable bonds is 3. The average molecular weight is 235 g/mol. The summed E-state index contributed by atoms with van der Waals surface area (Å²) in [7, 11) is 0. The number of aliphatic carboxylic acids is 1. The Morgan fingerprint density at radius 1 is 1.59 bits per heavy atom. The topological polar surface area (TPSA) is 74.2 Å². The van der Waals surface area contributed by atoms with E-state index in [9.17, 15) is 4.79 Å². The van der Waals surface area contributed by atoms with Crippen LogP contribution in [-0.2, 0) is 4.79 Å². The Hall–Kier alpha value is -1.62. The standard InChI is InChI=1S/C12H17N3O2/c1-7-5-8(2)11(14-6-7)15-9-3-4-13-10(9)12(16)17/h5-6,9-10,13H,3-4H2,1-2H3,(H,14,15)(H,16,17)/t9-,10-/m0/s1. The predicted octanol–water partition coefficient (Wildman–Crippen LogP) is 0.925. The van der Waals surface area contributed by atoms with Gasteiger partial charge in [-0.15, -0.1) is 0 Å². The largest absolute Gasteiger partial charge is 0.480 e. The van der Waals surface area contributed by atoms with Crippen LogP contribution in [0.25, 0.3) is 0 Å². The summed E-state index contributed by atoms with van der Waals surface area (Å²) in [6.07, 6.45) is 2.58. The number of nitrogens with zero attached hydrogens (tertiary/aromatic N) is 1. The molecule has 1 aliphatic heterocycles. The molecule has 0 amide bonds. The van der Waals surface area contributed by atoms with Crippen LogP contribution in [-0.4, -0.2) is 34.7 Å². The first kappa shape index (κ1) is 11.9. The van der Waals surface area contributed by atoms with Crippen molar-refractivity contribution in [3.8, 4) is 0 Å². The van der Waals surface area contributed by atoms with Gasteiger partial charge in [-0.3, -0.25) is 4.79 Å². The maximum Gasteiger partial charge on any atom is 0.322 e. The van der Waals surface area contributed by atoms with Crippen molar-refractivity contribution in [1.29, 1.82) is 0 Å². The van der Waals surface area contributed by atoms with Crippen molar-refractivity contribution in [2.75, 3.05) is 11.9 Å². The van der Waals surface area contributed by atoms with Crippen molar-refractivity contribution in [2.45, 2.75) is 32.4 Å². The van der Waals surface area contributed by atoms with Gasteiger partial charge in [0.05, 0.1) is 6.04 Å². The highest BCUT2D eigenvalue weighted by atomic mass is 16.4. The molecular formula is C12H17N3O2. The summed E-state index contributed by atoms with van der Waals surface area (Å²) in [5, 5.41) is 15.2. The third-order valence-corrected chi connectivity index (χ3v) is 3.03. The third-order valence-electron chi connectivity index (χ3n) is 3.03. The first-order chi connectivity index (χ1) is 8.08. The van der Waals surface area contributed by atoms with Gasteiger partial charge in [-0.2, -0.15) is 0 Å². The quantitative estimate of drug-likeness (QED) is 0.726. The Balaban J connectivity index is 2.12. The summed E-state index contributed by atoms with van der Waals surface area (Å²) < 4.78 is 0. The molecule has 1 saturated heterocycles. The Kier molecular flexibility index (Phi) is 3.28. The van der Waals surface area contributed by atoms with Crippen molar-refractivity contribution in [1.82, 2.24) is 10.3 Å². The number of carboxylic acid groups (broad SMARTS) is 1. The summed E-state index contributed by atoms with van der Waals surface area (Å²) in [4.78, 5) is 15.3. The highest BCUT2D eigenvalue weighted by Crippen LogP contribution is 2.17. The fraction of sp³-hybridized carbons (Fsp3) is 0.500. The number of hydrogen-bond acceptors (Lipinski definition) is 4. The van der Waals surface area contributed by atoms with Crippen LogP contribution in [0.15, 0.2) is 12.3 Å². The highest BCUT2D eigenvalue weighted by Gasteiger charge is 2.32. The molecule has 1 aromatic rings. The third kappa shape index (κ3) is 2.55. The Bertz CT molecular complexity index is 434. The fourth-order valence-electron chi connectivity index (χ4n) is 2.16. The Labute approximate surface area is 100 Å². The number of anilines is 1. The zero-order chi connectivity index (χ0) is 12.4. The summed E-state index contributed by atoms with van der Waals surface area (Å²) in [5.74, 6) is -0.0414. The van der Waals surface area contributed by atoms with Crippen LogP contribution in [0.1, 0.15) is 17.5 Å². The van der Waals surface area contributed by atoms with E-state index in [1.807, 2.05) is 19.9 Å². The molecule has 1 aromatic heterocycles. The molecule has 0 aromatic carbocycles. The van der Waals surface area contributed by atoms with E-state index in [1.54, 1.807) is 6.20 Å². The van der Waals surface area contributed by atoms with Crippen LogP contribution in [0, 0.1) is 13.8 Å². The minimum Gasteiger partial charge on any atom is -0.480 e. The smallest absolute Gasteiger partial charge is 0.322 e. The second kappa shape index (κ2) is 4.71. The maximum atomic E-state index is 11.0. The predicted molar refractivity (Wildman–Crippen MR) is 65.2 cm³/mol. The Morgan fingerprint density at radius 2 is 2.35 bits per heavy atom. The van der Waals surface area contributed by atoms with Gasteiger partial charge in [-0.05, 0) is 37.9 Å². The van der Waals surface area contributed by atoms with Crippen molar-refractivity contribution < 1.29 is 9.90 Å². The normalized spacial score (nSPS) is 23.6. The monoisotopic (exact) mass is 235 g/mol. The first-order valence-corrected chi connectivity index (χ1v) is 5.74. The van der Waals surface area contributed by atoms with E-state index < -0.39 is 12.0 Å². The van der Waals surface area contributed by atoms with Gasteiger partial charge in [0.25, 0.3) is 0 Å². The SMILES string of the molecule is Cc1cnc(N[C@H]2CCN[C@@H]2C(=O)O)c(C)c1. The maximum absolute atomic E-state index is 11.0. The number of hydrogen-bond donors (Lipinski definition) is 3. The van der Waals surface area contributed by atoms with Crippen molar-refractivity contribution in [2.24, 2.45) is 0 Å². The minimum atomic E-state index is -0.815. The van der Waals surface area contributed by atoms with Crippen LogP contribution >= 0.6 is 0 Å². The lowest BCUT2D eigenvalue weighted by Crippen LogP contribution is -2.42. The zero-order valence-corrected chi connectivity index (χ0v) is 10.0. The van der Waals surface area contributed by atoms with E-state index in [4.69, 9.17) is 5.11 Å². The van der Waals surface area contributed by atoms with Crippen molar-refractivity contribution in [3.05, 3.63) is 23.4 Å². The van der Waals surface area contributed by atoms with Gasteiger partial charge in [-0.25, -0.2) is 4.98 Å². The molecular weight excluding hydrogens is 218 g/mol. The second-order valence-electron chi connectivity index (χ2n) is 4.49. The first-order valence-electron chi connectivity index (χ1n) is 5.74. The van der Waals surface area contributed by atoms with E-state index in [2.05, 4.69) is 15.6 Å². The number of pyridine rings is 1. The van der Waals surface area contributed by atoms with E-state index >= 15 is 0 Å². The molecule has 0 unspecified atom stereocenters. The molecule has 1 fully saturated rings. The molecule has 17 heavy (non-hydrogen) atoms. The molecule has 5 heteroatoms. The molecule has 1 aliphatic rings. The number of aryl methyl sites for hydroxylation is 2. The highest BCUT2D eigenvalue weighted by molar-refractivity contribution is 5.75. The lowest BCUT2D eigenvalue weighted by Gasteiger charge is -2.19. The molecule has 5 nitrogen and oxygen atoms in total. The van der Waals surface area contributed by atoms with E-state index in [0.29, 0.717) is 0 Å². The number of nitrogens with one attached hydrogen (secondary N) is 2. The Morgan fingerprint density at radius 3 is 3.00 bits per heavy atom. The lowest BCUT2D eigenvalue weighted by molar-refractivity contribution is -0.139. The molecule has 0 saturated carbocycles. The summed E-state index contributed by atoms with van der Waals surface area (Å²) >= 11 is 0. The van der Waals surface area contributed by atoms with Gasteiger partial charge in [0.1, 0.15) is 11.9 Å². The second-order valence-corrected chi connectivity index (χ2v) is 4.49. The van der Waals surface area contributed by atoms with E-state index in [-0.39, 0.29) is 6.04 Å². The molecule has 2 heterocycles. The zero-order valence-electron chi connectivity index (χ0n) is 10.0. The lowest BCUT2D eigenvalue weighted by atomic mass is 10.1. The van der Waals surface area contributed by atoms with Crippen LogP contribution in [0.2, 0.25) is 0 Å². The molecule has 2 rings (SSSR count). The van der Waals surface area contributed by atoms with Gasteiger partial charge in [0, 0.05) is 6.20 Å². The molecule has 0 spiro atoms. The van der Waals surface area contributed by atoms with E-state index in [0.717, 1.165) is 29.9 Å². The average Bonchev–Trinajstić information content (AvgIpc) is 2.70. The van der Waals surface area contributed by atoms with Crippen LogP contribution in [0.3, 0.4) is 0 Å². The fourth-order valence-corrected chi connectivity index (χ4v) is 2.16. The summed E-state index contributed by atoms with van der Waals surface area (Å²) in [6.45, 7) is 4.68. The molecule has 0 aliphatic carbocycles. The van der Waals surface area contributed by atoms with Crippen molar-refractivity contribution >= 4 is 11.8 Å². The minimum absolute atomic E-state index is 0.0959. The van der Waals surface area contributed by atoms with Gasteiger partial charge < -0.3 is 15.7 Å². The number of carboxylic acids is 1. The van der Waals surface area contributed by atoms with Crippen LogP contribution in [0.4, 0.5) is 5.82 Å². The molecule has 3 N–H and O–H groups in total. The van der Waals surface area contributed by atoms with Gasteiger partial charge in [0.15, 0.2) is 0 Å². The molecule has 2 atom stereocenters. The van der Waals surface area contributed by atoms with Gasteiger partial charge in [0.2, 0.25) is 0 Å². The number of carbonyl (C=O) groups is 1. The molecule has 0 bridgehead atoms. The molecule has 92 valence electrons. The van der Waals surface area contributed by atoms with Crippen molar-refractivity contribution in [3.63, 3.8) is 0 Å². The number of aromatic nitrogens is 1. The van der Waals surface area contributed by atoms with Gasteiger partial charge in [-0.1, -0.05) is 6.07 Å². The summed E-state index contributed by atoms with van der Waals surface area (Å²) in [5.41, 5.74) is 2.15. The van der Waals surface area contributed by atoms with Gasteiger partial charge >= 0.3 is 5.97 Å². The summed E-state index contributed by atoms with van der Waals surface area (Å²) in [6, 6.07) is 1.41. The molecule has 0 radical (unpaired) electrons. The van der Waals surface area contributed by atoms with Crippen LogP contribution in [0.5, 0.6) is 0 Å².